The van der Waals surface area contributed by atoms with Crippen molar-refractivity contribution in [2.45, 2.75) is 13.5 Å². The Morgan fingerprint density at radius 3 is 2.67 bits per heavy atom. The van der Waals surface area contributed by atoms with Crippen LogP contribution in [0.1, 0.15) is 22.8 Å². The molecule has 0 aliphatic carbocycles. The number of fused-ring (bicyclic) bond motifs is 2. The number of rotatable bonds is 6. The molecule has 1 aromatic heterocycles. The maximum absolute atomic E-state index is 12.8. The van der Waals surface area contributed by atoms with Crippen LogP contribution in [0.2, 0.25) is 0 Å². The van der Waals surface area contributed by atoms with Gasteiger partial charge in [-0.15, -0.1) is 0 Å². The molecular weight excluding hydrogens is 386 g/mol. The van der Waals surface area contributed by atoms with Crippen molar-refractivity contribution in [1.29, 1.82) is 0 Å². The number of aromatic nitrogens is 1. The van der Waals surface area contributed by atoms with Crippen molar-refractivity contribution in [3.8, 4) is 17.2 Å². The molecule has 4 rings (SSSR count). The highest BCUT2D eigenvalue weighted by atomic mass is 16.6. The first-order valence-corrected chi connectivity index (χ1v) is 9.48. The number of carbonyl (C=O) groups is 2. The Hall–Kier alpha value is -3.74. The topological polar surface area (TPSA) is 76.0 Å². The van der Waals surface area contributed by atoms with Gasteiger partial charge in [-0.1, -0.05) is 0 Å². The minimum absolute atomic E-state index is 0.204. The van der Waals surface area contributed by atoms with Crippen molar-refractivity contribution in [1.82, 2.24) is 4.57 Å². The summed E-state index contributed by atoms with van der Waals surface area (Å²) in [5.74, 6) is 1.09. The molecule has 7 nitrogen and oxygen atoms in total. The number of Topliss-reactive ketones (excluding diaryl/α,β-unsaturated/α-hetero) is 1. The lowest BCUT2D eigenvalue weighted by molar-refractivity contribution is -0.142. The number of carbonyl (C=O) groups excluding carboxylic acids is 2. The molecule has 0 saturated carbocycles. The zero-order valence-electron chi connectivity index (χ0n) is 16.9. The van der Waals surface area contributed by atoms with Gasteiger partial charge in [0.1, 0.15) is 17.2 Å². The predicted octanol–water partition coefficient (Wildman–Crippen LogP) is 3.84. The number of aryl methyl sites for hydroxylation is 1. The summed E-state index contributed by atoms with van der Waals surface area (Å²) in [7, 11) is 2.91. The van der Waals surface area contributed by atoms with E-state index in [1.165, 1.54) is 7.11 Å². The zero-order chi connectivity index (χ0) is 21.3. The summed E-state index contributed by atoms with van der Waals surface area (Å²) >= 11 is 0. The summed E-state index contributed by atoms with van der Waals surface area (Å²) in [5, 5.41) is 0.971. The normalized spacial score (nSPS) is 14.0. The number of methoxy groups -OCH3 is 2. The van der Waals surface area contributed by atoms with E-state index in [4.69, 9.17) is 14.2 Å². The first-order valence-electron chi connectivity index (χ1n) is 9.48. The standard InChI is InChI=1S/C23H21NO6/c1-4-24-12-14(18-10-15(27-2)6-8-19(18)24)9-21-23(26)17-7-5-16(11-20(17)30-21)29-13-22(25)28-3/h5-12H,4,13H2,1-3H3. The number of hydrogen-bond acceptors (Lipinski definition) is 6. The van der Waals surface area contributed by atoms with E-state index in [1.807, 2.05) is 24.4 Å². The first kappa shape index (κ1) is 19.6. The van der Waals surface area contributed by atoms with Crippen molar-refractivity contribution >= 4 is 28.7 Å². The van der Waals surface area contributed by atoms with Gasteiger partial charge in [-0.05, 0) is 43.3 Å². The number of nitrogens with zero attached hydrogens (tertiary/aromatic N) is 1. The van der Waals surface area contributed by atoms with Crippen molar-refractivity contribution in [2.24, 2.45) is 0 Å². The average molecular weight is 407 g/mol. The number of benzene rings is 2. The smallest absolute Gasteiger partial charge is 0.343 e. The third-order valence-electron chi connectivity index (χ3n) is 4.97. The van der Waals surface area contributed by atoms with Crippen molar-refractivity contribution in [2.75, 3.05) is 20.8 Å². The first-order chi connectivity index (χ1) is 14.5. The Kier molecular flexibility index (Phi) is 5.18. The highest BCUT2D eigenvalue weighted by Gasteiger charge is 2.28. The van der Waals surface area contributed by atoms with E-state index in [9.17, 15) is 9.59 Å². The van der Waals surface area contributed by atoms with Gasteiger partial charge in [0, 0.05) is 35.3 Å². The molecule has 2 aromatic carbocycles. The Morgan fingerprint density at radius 1 is 1.13 bits per heavy atom. The van der Waals surface area contributed by atoms with Crippen molar-refractivity contribution in [3.63, 3.8) is 0 Å². The molecule has 0 fully saturated rings. The van der Waals surface area contributed by atoms with Gasteiger partial charge >= 0.3 is 5.97 Å². The fraction of sp³-hybridized carbons (Fsp3) is 0.217. The third-order valence-corrected chi connectivity index (χ3v) is 4.97. The van der Waals surface area contributed by atoms with Crippen LogP contribution in [0.25, 0.3) is 17.0 Å². The summed E-state index contributed by atoms with van der Waals surface area (Å²) in [6, 6.07) is 10.7. The zero-order valence-corrected chi connectivity index (χ0v) is 16.9. The van der Waals surface area contributed by atoms with Gasteiger partial charge in [-0.2, -0.15) is 0 Å². The summed E-state index contributed by atoms with van der Waals surface area (Å²) in [5.41, 5.74) is 2.36. The van der Waals surface area contributed by atoms with Crippen LogP contribution in [0.5, 0.6) is 17.2 Å². The van der Waals surface area contributed by atoms with Crippen LogP contribution in [-0.2, 0) is 16.1 Å². The molecule has 0 N–H and O–H groups in total. The minimum atomic E-state index is -0.490. The molecule has 0 unspecified atom stereocenters. The van der Waals surface area contributed by atoms with E-state index in [0.29, 0.717) is 17.1 Å². The summed E-state index contributed by atoms with van der Waals surface area (Å²) in [6.07, 6.45) is 3.73. The molecule has 7 heteroatoms. The van der Waals surface area contributed by atoms with Gasteiger partial charge in [-0.25, -0.2) is 4.79 Å². The van der Waals surface area contributed by atoms with Crippen molar-refractivity contribution < 1.29 is 28.5 Å². The molecule has 3 aromatic rings. The SMILES string of the molecule is CCn1cc(C=C2Oc3cc(OCC(=O)OC)ccc3C2=O)c2cc(OC)ccc21. The molecule has 1 aliphatic heterocycles. The average Bonchev–Trinajstić information content (AvgIpc) is 3.28. The van der Waals surface area contributed by atoms with Crippen LogP contribution in [0.3, 0.4) is 0 Å². The Bertz CT molecular complexity index is 1170. The highest BCUT2D eigenvalue weighted by molar-refractivity contribution is 6.15. The fourth-order valence-electron chi connectivity index (χ4n) is 3.41. The molecule has 30 heavy (non-hydrogen) atoms. The van der Waals surface area contributed by atoms with Crippen LogP contribution in [0.15, 0.2) is 48.4 Å². The van der Waals surface area contributed by atoms with Gasteiger partial charge in [-0.3, -0.25) is 4.79 Å². The molecule has 1 aliphatic rings. The van der Waals surface area contributed by atoms with Gasteiger partial charge < -0.3 is 23.5 Å². The van der Waals surface area contributed by atoms with E-state index >= 15 is 0 Å². The van der Waals surface area contributed by atoms with Crippen LogP contribution in [0, 0.1) is 0 Å². The number of esters is 1. The molecule has 0 radical (unpaired) electrons. The Labute approximate surface area is 173 Å². The Balaban J connectivity index is 1.66. The number of ketones is 1. The molecule has 154 valence electrons. The van der Waals surface area contributed by atoms with Crippen molar-refractivity contribution in [3.05, 3.63) is 59.5 Å². The largest absolute Gasteiger partial charge is 0.497 e. The van der Waals surface area contributed by atoms with Crippen LogP contribution in [-0.4, -0.2) is 37.1 Å². The van der Waals surface area contributed by atoms with E-state index in [1.54, 1.807) is 31.4 Å². The predicted molar refractivity (Wildman–Crippen MR) is 111 cm³/mol. The van der Waals surface area contributed by atoms with E-state index in [-0.39, 0.29) is 18.1 Å². The molecule has 0 spiro atoms. The fourth-order valence-corrected chi connectivity index (χ4v) is 3.41. The second-order valence-corrected chi connectivity index (χ2v) is 6.72. The summed E-state index contributed by atoms with van der Waals surface area (Å²) < 4.78 is 23.2. The van der Waals surface area contributed by atoms with E-state index in [2.05, 4.69) is 16.2 Å². The number of ether oxygens (including phenoxy) is 4. The Morgan fingerprint density at radius 2 is 1.93 bits per heavy atom. The van der Waals surface area contributed by atoms with Crippen LogP contribution in [0.4, 0.5) is 0 Å². The molecule has 0 atom stereocenters. The third kappa shape index (κ3) is 3.50. The van der Waals surface area contributed by atoms with Gasteiger partial charge in [0.15, 0.2) is 12.4 Å². The lowest BCUT2D eigenvalue weighted by atomic mass is 10.1. The lowest BCUT2D eigenvalue weighted by Gasteiger charge is -2.05. The van der Waals surface area contributed by atoms with Gasteiger partial charge in [0.2, 0.25) is 5.78 Å². The molecule has 0 saturated heterocycles. The highest BCUT2D eigenvalue weighted by Crippen LogP contribution is 2.36. The molecule has 0 bridgehead atoms. The summed E-state index contributed by atoms with van der Waals surface area (Å²) in [4.78, 5) is 24.1. The lowest BCUT2D eigenvalue weighted by Crippen LogP contribution is -2.12. The van der Waals surface area contributed by atoms with Crippen LogP contribution < -0.4 is 14.2 Å². The van der Waals surface area contributed by atoms with Gasteiger partial charge in [0.25, 0.3) is 0 Å². The van der Waals surface area contributed by atoms with Gasteiger partial charge in [0.05, 0.1) is 19.8 Å². The van der Waals surface area contributed by atoms with E-state index < -0.39 is 5.97 Å². The monoisotopic (exact) mass is 407 g/mol. The molecular formula is C23H21NO6. The second kappa shape index (κ2) is 7.94. The number of hydrogen-bond donors (Lipinski definition) is 0. The maximum Gasteiger partial charge on any atom is 0.343 e. The van der Waals surface area contributed by atoms with Crippen LogP contribution >= 0.6 is 0 Å². The minimum Gasteiger partial charge on any atom is -0.497 e. The van der Waals surface area contributed by atoms with E-state index in [0.717, 1.165) is 28.8 Å². The summed E-state index contributed by atoms with van der Waals surface area (Å²) in [6.45, 7) is 2.63. The molecule has 0 amide bonds. The quantitative estimate of drug-likeness (QED) is 0.457. The second-order valence-electron chi connectivity index (χ2n) is 6.72. The maximum atomic E-state index is 12.8. The molecule has 2 heterocycles. The number of allylic oxidation sites excluding steroid dienone is 1.